The van der Waals surface area contributed by atoms with Crippen LogP contribution in [0.5, 0.6) is 11.5 Å². The summed E-state index contributed by atoms with van der Waals surface area (Å²) in [5, 5.41) is 21.0. The molecule has 0 fully saturated rings. The molecule has 0 amide bonds. The quantitative estimate of drug-likeness (QED) is 0.217. The van der Waals surface area contributed by atoms with Gasteiger partial charge in [-0.05, 0) is 36.4 Å². The summed E-state index contributed by atoms with van der Waals surface area (Å²) < 4.78 is 44.5. The van der Waals surface area contributed by atoms with Crippen LogP contribution in [0.2, 0.25) is 0 Å². The Kier molecular flexibility index (Phi) is 5.54. The van der Waals surface area contributed by atoms with Gasteiger partial charge in [-0.15, -0.1) is 0 Å². The van der Waals surface area contributed by atoms with Crippen LogP contribution in [0.25, 0.3) is 22.7 Å². The molecule has 3 aromatic carbocycles. The van der Waals surface area contributed by atoms with Crippen molar-refractivity contribution in [2.45, 2.75) is 6.18 Å². The van der Waals surface area contributed by atoms with Gasteiger partial charge in [0.25, 0.3) is 0 Å². The first-order valence-corrected chi connectivity index (χ1v) is 9.45. The summed E-state index contributed by atoms with van der Waals surface area (Å²) in [5.74, 6) is 0.0642. The van der Waals surface area contributed by atoms with Crippen molar-refractivity contribution in [3.63, 3.8) is 0 Å². The van der Waals surface area contributed by atoms with Crippen molar-refractivity contribution in [2.75, 3.05) is 0 Å². The fourth-order valence-electron chi connectivity index (χ4n) is 3.12. The van der Waals surface area contributed by atoms with E-state index >= 15 is 0 Å². The average Bonchev–Trinajstić information content (AvgIpc) is 3.22. The predicted octanol–water partition coefficient (Wildman–Crippen LogP) is 6.35. The van der Waals surface area contributed by atoms with E-state index in [-0.39, 0.29) is 17.1 Å². The van der Waals surface area contributed by atoms with Crippen LogP contribution in [0.1, 0.15) is 17.0 Å². The van der Waals surface area contributed by atoms with Crippen molar-refractivity contribution in [1.29, 1.82) is 5.26 Å². The number of nitro benzene ring substituents is 1. The van der Waals surface area contributed by atoms with E-state index in [9.17, 15) is 28.5 Å². The van der Waals surface area contributed by atoms with Gasteiger partial charge in [-0.25, -0.2) is 4.98 Å². The third-order valence-corrected chi connectivity index (χ3v) is 4.69. The number of para-hydroxylation sites is 3. The Morgan fingerprint density at radius 2 is 1.82 bits per heavy atom. The van der Waals surface area contributed by atoms with Crippen LogP contribution in [0.4, 0.5) is 18.9 Å². The number of alkyl halides is 3. The SMILES string of the molecule is N#C/C(=C\c1ccccc1Oc1ccc(C(F)(F)F)cc1[N+](=O)[O-])c1nc2ccccc2[nH]1. The lowest BCUT2D eigenvalue weighted by Crippen LogP contribution is -2.06. The van der Waals surface area contributed by atoms with E-state index < -0.39 is 22.4 Å². The number of hydrogen-bond acceptors (Lipinski definition) is 5. The number of nitro groups is 1. The zero-order chi connectivity index (χ0) is 23.6. The Morgan fingerprint density at radius 3 is 2.52 bits per heavy atom. The van der Waals surface area contributed by atoms with Crippen molar-refractivity contribution >= 4 is 28.4 Å². The molecule has 7 nitrogen and oxygen atoms in total. The minimum atomic E-state index is -4.74. The Labute approximate surface area is 184 Å². The van der Waals surface area contributed by atoms with Gasteiger partial charge < -0.3 is 9.72 Å². The number of benzene rings is 3. The third-order valence-electron chi connectivity index (χ3n) is 4.69. The number of halogens is 3. The maximum atomic E-state index is 13.0. The smallest absolute Gasteiger partial charge is 0.416 e. The molecule has 0 aliphatic rings. The van der Waals surface area contributed by atoms with Crippen molar-refractivity contribution in [1.82, 2.24) is 9.97 Å². The second kappa shape index (κ2) is 8.47. The normalized spacial score (nSPS) is 11.9. The number of aromatic nitrogens is 2. The number of ether oxygens (including phenoxy) is 1. The van der Waals surface area contributed by atoms with Crippen LogP contribution in [0, 0.1) is 21.4 Å². The second-order valence-electron chi connectivity index (χ2n) is 6.85. The lowest BCUT2D eigenvalue weighted by Gasteiger charge is -2.11. The number of nitrogens with one attached hydrogen (secondary N) is 1. The predicted molar refractivity (Wildman–Crippen MR) is 114 cm³/mol. The fourth-order valence-corrected chi connectivity index (χ4v) is 3.12. The van der Waals surface area contributed by atoms with Crippen molar-refractivity contribution in [2.24, 2.45) is 0 Å². The van der Waals surface area contributed by atoms with Gasteiger partial charge in [0, 0.05) is 11.6 Å². The molecule has 4 aromatic rings. The lowest BCUT2D eigenvalue weighted by atomic mass is 10.1. The molecule has 0 aliphatic heterocycles. The average molecular weight is 450 g/mol. The molecule has 0 bridgehead atoms. The highest BCUT2D eigenvalue weighted by Gasteiger charge is 2.33. The number of aromatic amines is 1. The zero-order valence-corrected chi connectivity index (χ0v) is 16.6. The minimum Gasteiger partial charge on any atom is -0.449 e. The molecule has 164 valence electrons. The molecule has 0 radical (unpaired) electrons. The molecule has 1 aromatic heterocycles. The second-order valence-corrected chi connectivity index (χ2v) is 6.85. The molecule has 10 heteroatoms. The summed E-state index contributed by atoms with van der Waals surface area (Å²) in [4.78, 5) is 17.8. The van der Waals surface area contributed by atoms with E-state index in [0.717, 1.165) is 11.6 Å². The molecule has 0 saturated carbocycles. The summed E-state index contributed by atoms with van der Waals surface area (Å²) in [5.41, 5.74) is -0.0437. The number of nitriles is 1. The monoisotopic (exact) mass is 450 g/mol. The first-order valence-electron chi connectivity index (χ1n) is 9.45. The molecule has 0 atom stereocenters. The van der Waals surface area contributed by atoms with Gasteiger partial charge in [0.2, 0.25) is 5.75 Å². The molecule has 4 rings (SSSR count). The van der Waals surface area contributed by atoms with Gasteiger partial charge in [0.15, 0.2) is 0 Å². The molecule has 1 heterocycles. The van der Waals surface area contributed by atoms with Crippen LogP contribution < -0.4 is 4.74 Å². The highest BCUT2D eigenvalue weighted by atomic mass is 19.4. The number of hydrogen-bond donors (Lipinski definition) is 1. The summed E-state index contributed by atoms with van der Waals surface area (Å²) >= 11 is 0. The highest BCUT2D eigenvalue weighted by molar-refractivity contribution is 5.91. The van der Waals surface area contributed by atoms with Gasteiger partial charge in [0.05, 0.1) is 27.1 Å². The highest BCUT2D eigenvalue weighted by Crippen LogP contribution is 2.39. The Bertz CT molecular complexity index is 1400. The maximum Gasteiger partial charge on any atom is 0.416 e. The summed E-state index contributed by atoms with van der Waals surface area (Å²) in [7, 11) is 0. The van der Waals surface area contributed by atoms with Crippen LogP contribution in [-0.4, -0.2) is 14.9 Å². The van der Waals surface area contributed by atoms with Crippen molar-refractivity contribution in [3.05, 3.63) is 93.8 Å². The van der Waals surface area contributed by atoms with Crippen LogP contribution in [0.15, 0.2) is 66.7 Å². The third kappa shape index (κ3) is 4.52. The summed E-state index contributed by atoms with van der Waals surface area (Å²) in [6.07, 6.45) is -3.26. The fraction of sp³-hybridized carbons (Fsp3) is 0.0435. The van der Waals surface area contributed by atoms with Crippen LogP contribution in [-0.2, 0) is 6.18 Å². The van der Waals surface area contributed by atoms with Gasteiger partial charge in [-0.3, -0.25) is 10.1 Å². The first-order chi connectivity index (χ1) is 15.8. The maximum absolute atomic E-state index is 13.0. The number of fused-ring (bicyclic) bond motifs is 1. The van der Waals surface area contributed by atoms with Crippen molar-refractivity contribution < 1.29 is 22.8 Å². The molecule has 0 unspecified atom stereocenters. The largest absolute Gasteiger partial charge is 0.449 e. The van der Waals surface area contributed by atoms with Gasteiger partial charge in [-0.2, -0.15) is 18.4 Å². The van der Waals surface area contributed by atoms with E-state index in [0.29, 0.717) is 29.0 Å². The molecule has 1 N–H and O–H groups in total. The summed E-state index contributed by atoms with van der Waals surface area (Å²) in [6.45, 7) is 0. The molecule has 33 heavy (non-hydrogen) atoms. The number of allylic oxidation sites excluding steroid dienone is 1. The van der Waals surface area contributed by atoms with Crippen molar-refractivity contribution in [3.8, 4) is 17.6 Å². The Balaban J connectivity index is 1.74. The molecular formula is C23H13F3N4O3. The molecule has 0 saturated heterocycles. The standard InChI is InChI=1S/C23H13F3N4O3/c24-23(25,26)16-9-10-21(19(12-16)30(31)32)33-20-8-4-1-5-14(20)11-15(13-27)22-28-17-6-2-3-7-18(17)29-22/h1-12H,(H,28,29)/b15-11+. The lowest BCUT2D eigenvalue weighted by molar-refractivity contribution is -0.385. The van der Waals surface area contributed by atoms with E-state index in [1.165, 1.54) is 12.1 Å². The topological polar surface area (TPSA) is 105 Å². The van der Waals surface area contributed by atoms with E-state index in [1.54, 1.807) is 24.3 Å². The number of H-pyrrole nitrogens is 1. The molecule has 0 aliphatic carbocycles. The van der Waals surface area contributed by atoms with E-state index in [2.05, 4.69) is 16.0 Å². The van der Waals surface area contributed by atoms with Gasteiger partial charge >= 0.3 is 11.9 Å². The molecular weight excluding hydrogens is 437 g/mol. The van der Waals surface area contributed by atoms with Crippen LogP contribution >= 0.6 is 0 Å². The summed E-state index contributed by atoms with van der Waals surface area (Å²) in [6, 6.07) is 17.6. The van der Waals surface area contributed by atoms with Gasteiger partial charge in [0.1, 0.15) is 17.6 Å². The number of nitrogens with zero attached hydrogens (tertiary/aromatic N) is 3. The van der Waals surface area contributed by atoms with Crippen LogP contribution in [0.3, 0.4) is 0 Å². The minimum absolute atomic E-state index is 0.115. The number of imidazole rings is 1. The Morgan fingerprint density at radius 1 is 1.09 bits per heavy atom. The first kappa shape index (κ1) is 21.6. The van der Waals surface area contributed by atoms with E-state index in [1.807, 2.05) is 18.2 Å². The van der Waals surface area contributed by atoms with Gasteiger partial charge in [-0.1, -0.05) is 30.3 Å². The number of rotatable bonds is 5. The molecule has 0 spiro atoms. The Hall–Kier alpha value is -4.65. The van der Waals surface area contributed by atoms with E-state index in [4.69, 9.17) is 4.74 Å². The zero-order valence-electron chi connectivity index (χ0n) is 16.6.